The first-order valence-electron chi connectivity index (χ1n) is 11.6. The predicted molar refractivity (Wildman–Crippen MR) is 127 cm³/mol. The fourth-order valence-corrected chi connectivity index (χ4v) is 4.32. The number of hydrogen-bond acceptors (Lipinski definition) is 5. The van der Waals surface area contributed by atoms with Crippen LogP contribution in [0.4, 0.5) is 18.9 Å². The molecule has 0 fully saturated rings. The molecule has 196 valence electrons. The quantitative estimate of drug-likeness (QED) is 0.345. The van der Waals surface area contributed by atoms with Crippen molar-refractivity contribution in [3.63, 3.8) is 0 Å². The molecule has 0 aliphatic carbocycles. The number of hydrogen-bond donors (Lipinski definition) is 1. The molecule has 3 heterocycles. The summed E-state index contributed by atoms with van der Waals surface area (Å²) in [4.78, 5) is 17.7. The zero-order valence-corrected chi connectivity index (χ0v) is 22.1. The van der Waals surface area contributed by atoms with E-state index in [9.17, 15) is 18.0 Å². The van der Waals surface area contributed by atoms with Crippen LogP contribution < -0.4 is 31.6 Å². The van der Waals surface area contributed by atoms with Crippen molar-refractivity contribution < 1.29 is 49.0 Å². The minimum absolute atomic E-state index is 0. The van der Waals surface area contributed by atoms with Crippen molar-refractivity contribution in [1.29, 1.82) is 0 Å². The van der Waals surface area contributed by atoms with Crippen LogP contribution in [0.2, 0.25) is 0 Å². The van der Waals surface area contributed by atoms with Gasteiger partial charge >= 0.3 is 12.1 Å². The molecule has 0 saturated heterocycles. The molecule has 0 saturated carbocycles. The van der Waals surface area contributed by atoms with Crippen LogP contribution in [-0.2, 0) is 22.3 Å². The topological polar surface area (TPSA) is 64.3 Å². The Hall–Kier alpha value is -3.40. The summed E-state index contributed by atoms with van der Waals surface area (Å²) in [5.74, 6) is -1.67. The molecule has 1 aromatic carbocycles. The third-order valence-corrected chi connectivity index (χ3v) is 5.68. The second-order valence-corrected chi connectivity index (χ2v) is 8.55. The van der Waals surface area contributed by atoms with Crippen LogP contribution >= 0.6 is 0 Å². The molecule has 0 spiro atoms. The summed E-state index contributed by atoms with van der Waals surface area (Å²) in [6, 6.07) is 12.4. The van der Waals surface area contributed by atoms with E-state index in [4.69, 9.17) is 9.47 Å². The first-order chi connectivity index (χ1) is 17.2. The van der Waals surface area contributed by atoms with Crippen LogP contribution in [0.3, 0.4) is 0 Å². The maximum absolute atomic E-state index is 14.2. The molecule has 6 nitrogen and oxygen atoms in total. The van der Waals surface area contributed by atoms with Crippen LogP contribution in [0.5, 0.6) is 5.88 Å². The van der Waals surface area contributed by atoms with Gasteiger partial charge in [-0.15, -0.1) is 0 Å². The fraction of sp³-hybridized carbons (Fsp3) is 0.296. The maximum atomic E-state index is 14.2. The normalized spacial score (nSPS) is 14.9. The number of fused-ring (bicyclic) bond motifs is 1. The number of nitrogens with one attached hydrogen (secondary N) is 1. The SMILES string of the molecule is CCOC(=O)C1=C(C[n+]2ccccc2)Nc2ccnc(OC(C)C)c2C1c1ccccc1C(F)(F)F.[Br-]. The van der Waals surface area contributed by atoms with E-state index >= 15 is 0 Å². The Bertz CT molecular complexity index is 1280. The summed E-state index contributed by atoms with van der Waals surface area (Å²) < 4.78 is 55.8. The zero-order chi connectivity index (χ0) is 25.9. The molecule has 1 unspecified atom stereocenters. The highest BCUT2D eigenvalue weighted by molar-refractivity contribution is 5.95. The Morgan fingerprint density at radius 2 is 1.81 bits per heavy atom. The number of nitrogens with zero attached hydrogens (tertiary/aromatic N) is 2. The lowest BCUT2D eigenvalue weighted by atomic mass is 9.79. The third kappa shape index (κ3) is 6.12. The Morgan fingerprint density at radius 1 is 1.11 bits per heavy atom. The van der Waals surface area contributed by atoms with Crippen molar-refractivity contribution in [2.24, 2.45) is 0 Å². The minimum atomic E-state index is -4.64. The van der Waals surface area contributed by atoms with Crippen molar-refractivity contribution in [2.45, 2.75) is 45.5 Å². The van der Waals surface area contributed by atoms with Crippen LogP contribution in [0.1, 0.15) is 43.4 Å². The lowest BCUT2D eigenvalue weighted by Crippen LogP contribution is -3.00. The lowest BCUT2D eigenvalue weighted by Gasteiger charge is -2.32. The van der Waals surface area contributed by atoms with E-state index in [1.807, 2.05) is 35.2 Å². The van der Waals surface area contributed by atoms with Gasteiger partial charge in [0.15, 0.2) is 18.9 Å². The Balaban J connectivity index is 0.00000380. The van der Waals surface area contributed by atoms with Crippen LogP contribution in [0, 0.1) is 0 Å². The van der Waals surface area contributed by atoms with Gasteiger partial charge in [-0.3, -0.25) is 0 Å². The summed E-state index contributed by atoms with van der Waals surface area (Å²) in [5.41, 5.74) is 0.471. The zero-order valence-electron chi connectivity index (χ0n) is 20.6. The number of alkyl halides is 3. The highest BCUT2D eigenvalue weighted by Gasteiger charge is 2.43. The fourth-order valence-electron chi connectivity index (χ4n) is 4.32. The van der Waals surface area contributed by atoms with E-state index in [0.29, 0.717) is 16.9 Å². The van der Waals surface area contributed by atoms with E-state index in [0.717, 1.165) is 6.07 Å². The first-order valence-corrected chi connectivity index (χ1v) is 11.6. The maximum Gasteiger partial charge on any atom is 0.416 e. The Kier molecular flexibility index (Phi) is 8.96. The Morgan fingerprint density at radius 3 is 2.46 bits per heavy atom. The summed E-state index contributed by atoms with van der Waals surface area (Å²) in [7, 11) is 0. The monoisotopic (exact) mass is 577 g/mol. The molecule has 4 rings (SSSR count). The molecule has 0 bridgehead atoms. The van der Waals surface area contributed by atoms with Gasteiger partial charge in [-0.1, -0.05) is 24.3 Å². The van der Waals surface area contributed by atoms with Gasteiger partial charge < -0.3 is 31.8 Å². The van der Waals surface area contributed by atoms with Crippen molar-refractivity contribution in [3.05, 3.63) is 95.1 Å². The number of pyridine rings is 2. The number of carbonyl (C=O) groups excluding carboxylic acids is 1. The highest BCUT2D eigenvalue weighted by Crippen LogP contribution is 2.49. The van der Waals surface area contributed by atoms with Gasteiger partial charge in [-0.2, -0.15) is 17.7 Å². The second kappa shape index (κ2) is 11.8. The van der Waals surface area contributed by atoms with E-state index in [1.54, 1.807) is 26.8 Å². The largest absolute Gasteiger partial charge is 1.00 e. The van der Waals surface area contributed by atoms with Gasteiger partial charge in [0.2, 0.25) is 5.88 Å². The predicted octanol–water partition coefficient (Wildman–Crippen LogP) is 2.25. The first kappa shape index (κ1) is 28.2. The summed E-state index contributed by atoms with van der Waals surface area (Å²) >= 11 is 0. The van der Waals surface area contributed by atoms with Crippen LogP contribution in [-0.4, -0.2) is 23.7 Å². The molecular weight excluding hydrogens is 551 g/mol. The molecule has 1 aliphatic heterocycles. The molecular formula is C27H27BrF3N3O3. The van der Waals surface area contributed by atoms with Gasteiger partial charge in [-0.25, -0.2) is 9.78 Å². The van der Waals surface area contributed by atoms with Crippen molar-refractivity contribution >= 4 is 11.7 Å². The van der Waals surface area contributed by atoms with Crippen molar-refractivity contribution in [1.82, 2.24) is 4.98 Å². The summed E-state index contributed by atoms with van der Waals surface area (Å²) in [5, 5.41) is 3.26. The lowest BCUT2D eigenvalue weighted by molar-refractivity contribution is -0.688. The number of esters is 1. The van der Waals surface area contributed by atoms with Crippen LogP contribution in [0.15, 0.2) is 78.4 Å². The molecule has 1 atom stereocenters. The number of anilines is 1. The number of benzene rings is 1. The molecule has 0 radical (unpaired) electrons. The van der Waals surface area contributed by atoms with Gasteiger partial charge in [-0.05, 0) is 38.5 Å². The molecule has 1 N–H and O–H groups in total. The van der Waals surface area contributed by atoms with Gasteiger partial charge in [0.25, 0.3) is 0 Å². The molecule has 37 heavy (non-hydrogen) atoms. The highest BCUT2D eigenvalue weighted by atomic mass is 79.9. The average Bonchev–Trinajstić information content (AvgIpc) is 2.83. The molecule has 1 aliphatic rings. The van der Waals surface area contributed by atoms with Gasteiger partial charge in [0.1, 0.15) is 0 Å². The number of carbonyl (C=O) groups is 1. The van der Waals surface area contributed by atoms with Crippen molar-refractivity contribution in [3.8, 4) is 5.88 Å². The summed E-state index contributed by atoms with van der Waals surface area (Å²) in [6.45, 7) is 5.53. The number of aromatic nitrogens is 2. The number of halogens is 4. The van der Waals surface area contributed by atoms with E-state index in [-0.39, 0.29) is 53.3 Å². The van der Waals surface area contributed by atoms with E-state index in [2.05, 4.69) is 10.3 Å². The standard InChI is InChI=1S/C27H26F3N3O3.BrH/c1-4-35-26(34)24-21(16-33-14-8-5-9-15-33)32-20-12-13-31-25(36-17(2)3)23(20)22(24)18-10-6-7-11-19(18)27(28,29)30;/h5-15,17,22H,4,16H2,1-3H3;1H. The number of ether oxygens (including phenoxy) is 2. The molecule has 10 heteroatoms. The molecule has 3 aromatic rings. The second-order valence-electron chi connectivity index (χ2n) is 8.55. The van der Waals surface area contributed by atoms with Crippen LogP contribution in [0.25, 0.3) is 0 Å². The number of allylic oxidation sites excluding steroid dienone is 1. The Labute approximate surface area is 223 Å². The van der Waals surface area contributed by atoms with Gasteiger partial charge in [0.05, 0.1) is 35.5 Å². The number of rotatable bonds is 7. The molecule has 2 aromatic heterocycles. The van der Waals surface area contributed by atoms with Gasteiger partial charge in [0, 0.05) is 29.6 Å². The van der Waals surface area contributed by atoms with Crippen molar-refractivity contribution in [2.75, 3.05) is 11.9 Å². The molecule has 0 amide bonds. The third-order valence-electron chi connectivity index (χ3n) is 5.68. The average molecular weight is 578 g/mol. The minimum Gasteiger partial charge on any atom is -1.00 e. The van der Waals surface area contributed by atoms with E-state index < -0.39 is 23.6 Å². The summed E-state index contributed by atoms with van der Waals surface area (Å²) in [6.07, 6.45) is 0.214. The smallest absolute Gasteiger partial charge is 0.416 e. The van der Waals surface area contributed by atoms with E-state index in [1.165, 1.54) is 24.4 Å².